The Labute approximate surface area is 186 Å². The van der Waals surface area contributed by atoms with E-state index in [0.29, 0.717) is 4.60 Å². The number of ether oxygens (including phenoxy) is 1. The molecule has 13 heteroatoms. The third-order valence-corrected chi connectivity index (χ3v) is 4.32. The van der Waals surface area contributed by atoms with Crippen molar-refractivity contribution in [2.75, 3.05) is 11.9 Å². The van der Waals surface area contributed by atoms with Gasteiger partial charge in [0, 0.05) is 18.0 Å². The van der Waals surface area contributed by atoms with Crippen LogP contribution >= 0.6 is 27.5 Å². The smallest absolute Gasteiger partial charge is 0.406 e. The zero-order chi connectivity index (χ0) is 22.6. The number of benzene rings is 1. The first-order chi connectivity index (χ1) is 14.6. The second kappa shape index (κ2) is 9.35. The summed E-state index contributed by atoms with van der Waals surface area (Å²) in [6.45, 7) is -0.404. The molecular weight excluding hydrogens is 507 g/mol. The van der Waals surface area contributed by atoms with Crippen molar-refractivity contribution >= 4 is 45.0 Å². The summed E-state index contributed by atoms with van der Waals surface area (Å²) in [6.07, 6.45) is -3.33. The molecule has 2 amide bonds. The van der Waals surface area contributed by atoms with Gasteiger partial charge < -0.3 is 15.4 Å². The quantitative estimate of drug-likeness (QED) is 0.515. The Morgan fingerprint density at radius 1 is 1.19 bits per heavy atom. The predicted molar refractivity (Wildman–Crippen MR) is 108 cm³/mol. The maximum Gasteiger partial charge on any atom is 0.573 e. The second-order valence-electron chi connectivity index (χ2n) is 5.88. The minimum atomic E-state index is -4.81. The number of aromatic nitrogens is 3. The molecule has 3 rings (SSSR count). The van der Waals surface area contributed by atoms with Crippen LogP contribution in [0.5, 0.6) is 5.75 Å². The molecule has 0 unspecified atom stereocenters. The molecule has 0 bridgehead atoms. The van der Waals surface area contributed by atoms with Crippen molar-refractivity contribution in [2.24, 2.45) is 0 Å². The molecule has 3 aromatic rings. The van der Waals surface area contributed by atoms with Gasteiger partial charge in [-0.15, -0.1) is 13.2 Å². The van der Waals surface area contributed by atoms with Gasteiger partial charge in [0.15, 0.2) is 5.82 Å². The molecule has 0 saturated carbocycles. The summed E-state index contributed by atoms with van der Waals surface area (Å²) in [5, 5.41) is 9.26. The van der Waals surface area contributed by atoms with Gasteiger partial charge in [-0.05, 0) is 52.3 Å². The molecule has 0 radical (unpaired) electrons. The third-order valence-electron chi connectivity index (χ3n) is 3.63. The lowest BCUT2D eigenvalue weighted by atomic mass is 10.3. The van der Waals surface area contributed by atoms with Crippen molar-refractivity contribution in [1.29, 1.82) is 0 Å². The van der Waals surface area contributed by atoms with Crippen molar-refractivity contribution in [3.63, 3.8) is 0 Å². The predicted octanol–water partition coefficient (Wildman–Crippen LogP) is 3.95. The van der Waals surface area contributed by atoms with Gasteiger partial charge in [-0.1, -0.05) is 11.6 Å². The summed E-state index contributed by atoms with van der Waals surface area (Å²) >= 11 is 9.28. The highest BCUT2D eigenvalue weighted by atomic mass is 79.9. The zero-order valence-corrected chi connectivity index (χ0v) is 17.6. The number of hydrogen-bond donors (Lipinski definition) is 2. The Bertz CT molecular complexity index is 1110. The Balaban J connectivity index is 1.61. The van der Waals surface area contributed by atoms with E-state index in [1.165, 1.54) is 29.1 Å². The van der Waals surface area contributed by atoms with Gasteiger partial charge in [0.05, 0.1) is 11.6 Å². The standard InChI is InChI=1S/C18H12BrClF3N5O3/c19-14-8-13(28(27-14)16-12(20)2-1-7-24-16)17(30)25-9-15(29)26-10-3-5-11(6-4-10)31-18(21,22)23/h1-8H,9H2,(H,25,30)(H,26,29). The minimum Gasteiger partial charge on any atom is -0.406 e. The lowest BCUT2D eigenvalue weighted by Gasteiger charge is -2.11. The summed E-state index contributed by atoms with van der Waals surface area (Å²) in [5.41, 5.74) is 0.302. The maximum atomic E-state index is 12.5. The molecule has 0 aliphatic carbocycles. The van der Waals surface area contributed by atoms with Crippen molar-refractivity contribution in [3.05, 3.63) is 64.0 Å². The van der Waals surface area contributed by atoms with Crippen LogP contribution in [0.1, 0.15) is 10.5 Å². The van der Waals surface area contributed by atoms with E-state index in [-0.39, 0.29) is 22.2 Å². The molecule has 2 heterocycles. The van der Waals surface area contributed by atoms with Crippen LogP contribution in [-0.4, -0.2) is 39.5 Å². The molecule has 1 aromatic carbocycles. The van der Waals surface area contributed by atoms with Crippen LogP contribution in [0, 0.1) is 0 Å². The van der Waals surface area contributed by atoms with Gasteiger partial charge in [-0.3, -0.25) is 9.59 Å². The van der Waals surface area contributed by atoms with Crippen LogP contribution in [0.3, 0.4) is 0 Å². The van der Waals surface area contributed by atoms with Gasteiger partial charge in [-0.25, -0.2) is 9.67 Å². The van der Waals surface area contributed by atoms with E-state index in [4.69, 9.17) is 11.6 Å². The normalized spacial score (nSPS) is 11.1. The summed E-state index contributed by atoms with van der Waals surface area (Å²) in [6, 6.07) is 9.20. The Hall–Kier alpha value is -3.12. The molecule has 0 aliphatic rings. The number of rotatable bonds is 6. The molecule has 0 aliphatic heterocycles. The van der Waals surface area contributed by atoms with E-state index in [1.807, 2.05) is 0 Å². The van der Waals surface area contributed by atoms with E-state index >= 15 is 0 Å². The molecule has 8 nitrogen and oxygen atoms in total. The third kappa shape index (κ3) is 6.18. The van der Waals surface area contributed by atoms with Crippen molar-refractivity contribution in [1.82, 2.24) is 20.1 Å². The lowest BCUT2D eigenvalue weighted by Crippen LogP contribution is -2.34. The van der Waals surface area contributed by atoms with E-state index in [2.05, 4.69) is 41.4 Å². The monoisotopic (exact) mass is 517 g/mol. The van der Waals surface area contributed by atoms with Crippen LogP contribution in [0.25, 0.3) is 5.82 Å². The van der Waals surface area contributed by atoms with Crippen LogP contribution < -0.4 is 15.4 Å². The Morgan fingerprint density at radius 2 is 1.90 bits per heavy atom. The SMILES string of the molecule is O=C(CNC(=O)c1cc(Br)nn1-c1ncccc1Cl)Nc1ccc(OC(F)(F)F)cc1. The topological polar surface area (TPSA) is 98.1 Å². The van der Waals surface area contributed by atoms with Gasteiger partial charge >= 0.3 is 6.36 Å². The van der Waals surface area contributed by atoms with Gasteiger partial charge in [0.1, 0.15) is 16.0 Å². The van der Waals surface area contributed by atoms with Crippen LogP contribution in [-0.2, 0) is 4.79 Å². The molecule has 0 saturated heterocycles. The fraction of sp³-hybridized carbons (Fsp3) is 0.111. The number of hydrogen-bond acceptors (Lipinski definition) is 5. The molecule has 0 spiro atoms. The number of amides is 2. The van der Waals surface area contributed by atoms with Gasteiger partial charge in [-0.2, -0.15) is 5.10 Å². The average molecular weight is 519 g/mol. The highest BCUT2D eigenvalue weighted by Crippen LogP contribution is 2.24. The van der Waals surface area contributed by atoms with E-state index in [9.17, 15) is 22.8 Å². The molecule has 0 atom stereocenters. The minimum absolute atomic E-state index is 0.0777. The first kappa shape index (κ1) is 22.6. The van der Waals surface area contributed by atoms with E-state index < -0.39 is 30.5 Å². The first-order valence-electron chi connectivity index (χ1n) is 8.43. The number of carbonyl (C=O) groups excluding carboxylic acids is 2. The van der Waals surface area contributed by atoms with Gasteiger partial charge in [0.25, 0.3) is 5.91 Å². The number of pyridine rings is 1. The van der Waals surface area contributed by atoms with Crippen molar-refractivity contribution in [2.45, 2.75) is 6.36 Å². The molecule has 2 aromatic heterocycles. The van der Waals surface area contributed by atoms with Crippen molar-refractivity contribution in [3.8, 4) is 11.6 Å². The average Bonchev–Trinajstić information content (AvgIpc) is 3.08. The van der Waals surface area contributed by atoms with Crippen molar-refractivity contribution < 1.29 is 27.5 Å². The molecular formula is C18H12BrClF3N5O3. The van der Waals surface area contributed by atoms with E-state index in [0.717, 1.165) is 12.1 Å². The van der Waals surface area contributed by atoms with Crippen LogP contribution in [0.4, 0.5) is 18.9 Å². The Morgan fingerprint density at radius 3 is 2.55 bits per heavy atom. The molecule has 0 fully saturated rings. The number of carbonyl (C=O) groups is 2. The van der Waals surface area contributed by atoms with E-state index in [1.54, 1.807) is 12.1 Å². The zero-order valence-electron chi connectivity index (χ0n) is 15.3. The number of halogens is 5. The maximum absolute atomic E-state index is 12.5. The molecule has 2 N–H and O–H groups in total. The summed E-state index contributed by atoms with van der Waals surface area (Å²) in [5.74, 6) is -1.42. The molecule has 162 valence electrons. The number of alkyl halides is 3. The fourth-order valence-corrected chi connectivity index (χ4v) is 2.98. The van der Waals surface area contributed by atoms with Gasteiger partial charge in [0.2, 0.25) is 5.91 Å². The first-order valence-corrected chi connectivity index (χ1v) is 9.60. The lowest BCUT2D eigenvalue weighted by molar-refractivity contribution is -0.274. The Kier molecular flexibility index (Phi) is 6.81. The number of nitrogens with zero attached hydrogens (tertiary/aromatic N) is 3. The number of nitrogens with one attached hydrogen (secondary N) is 2. The number of anilines is 1. The van der Waals surface area contributed by atoms with Crippen LogP contribution in [0.2, 0.25) is 5.02 Å². The largest absolute Gasteiger partial charge is 0.573 e. The highest BCUT2D eigenvalue weighted by molar-refractivity contribution is 9.10. The molecule has 31 heavy (non-hydrogen) atoms. The van der Waals surface area contributed by atoms with Crippen LogP contribution in [0.15, 0.2) is 53.3 Å². The highest BCUT2D eigenvalue weighted by Gasteiger charge is 2.31. The summed E-state index contributed by atoms with van der Waals surface area (Å²) in [4.78, 5) is 28.7. The fourth-order valence-electron chi connectivity index (χ4n) is 2.40. The second-order valence-corrected chi connectivity index (χ2v) is 7.10. The summed E-state index contributed by atoms with van der Waals surface area (Å²) in [7, 11) is 0. The summed E-state index contributed by atoms with van der Waals surface area (Å²) < 4.78 is 41.9.